The van der Waals surface area contributed by atoms with E-state index in [4.69, 9.17) is 11.6 Å². The molecule has 14 heavy (non-hydrogen) atoms. The van der Waals surface area contributed by atoms with E-state index in [1.54, 1.807) is 0 Å². The van der Waals surface area contributed by atoms with Crippen LogP contribution in [0.25, 0.3) is 0 Å². The average molecular weight is 216 g/mol. The van der Waals surface area contributed by atoms with Crippen LogP contribution in [0, 0.1) is 0 Å². The fourth-order valence-corrected chi connectivity index (χ4v) is 1.68. The zero-order chi connectivity index (χ0) is 10.4. The Morgan fingerprint density at radius 2 is 1.86 bits per heavy atom. The Balaban J connectivity index is 2.39. The van der Waals surface area contributed by atoms with Crippen LogP contribution in [0.2, 0.25) is 0 Å². The van der Waals surface area contributed by atoms with E-state index in [9.17, 15) is 0 Å². The maximum atomic E-state index is 5.71. The van der Waals surface area contributed by atoms with Crippen LogP contribution in [0.1, 0.15) is 44.3 Å². The maximum absolute atomic E-state index is 5.71. The molecule has 0 unspecified atom stereocenters. The number of alkyl halides is 1. The molecule has 0 aromatic carbocycles. The molecule has 0 N–H and O–H groups in total. The number of hydrogen-bond acceptors (Lipinski definition) is 2. The fraction of sp³-hybridized carbons (Fsp3) is 0.800. The van der Waals surface area contributed by atoms with E-state index >= 15 is 0 Å². The van der Waals surface area contributed by atoms with Crippen LogP contribution in [-0.2, 0) is 19.3 Å². The van der Waals surface area contributed by atoms with Gasteiger partial charge in [-0.2, -0.15) is 0 Å². The Kier molecular flexibility index (Phi) is 4.94. The third-order valence-corrected chi connectivity index (χ3v) is 2.67. The molecular weight excluding hydrogens is 198 g/mol. The van der Waals surface area contributed by atoms with Crippen LogP contribution in [-0.4, -0.2) is 14.8 Å². The summed E-state index contributed by atoms with van der Waals surface area (Å²) in [6.45, 7) is 2.22. The van der Waals surface area contributed by atoms with E-state index in [1.807, 2.05) is 11.6 Å². The van der Waals surface area contributed by atoms with Crippen molar-refractivity contribution in [1.29, 1.82) is 0 Å². The minimum atomic E-state index is 0.443. The molecule has 0 spiro atoms. The minimum Gasteiger partial charge on any atom is -0.317 e. The number of aromatic nitrogens is 3. The molecule has 0 saturated carbocycles. The van der Waals surface area contributed by atoms with Crippen LogP contribution >= 0.6 is 11.6 Å². The summed E-state index contributed by atoms with van der Waals surface area (Å²) in [7, 11) is 1.98. The van der Waals surface area contributed by atoms with E-state index in [2.05, 4.69) is 17.1 Å². The third-order valence-electron chi connectivity index (χ3n) is 2.43. The minimum absolute atomic E-state index is 0.443. The van der Waals surface area contributed by atoms with Crippen LogP contribution < -0.4 is 0 Å². The molecule has 1 aromatic rings. The molecule has 3 nitrogen and oxygen atoms in total. The maximum Gasteiger partial charge on any atom is 0.147 e. The van der Waals surface area contributed by atoms with E-state index in [-0.39, 0.29) is 0 Å². The molecule has 0 aliphatic heterocycles. The van der Waals surface area contributed by atoms with Crippen molar-refractivity contribution in [1.82, 2.24) is 14.8 Å². The Bertz CT molecular complexity index is 270. The Morgan fingerprint density at radius 1 is 1.14 bits per heavy atom. The van der Waals surface area contributed by atoms with Crippen LogP contribution in [0.5, 0.6) is 0 Å². The van der Waals surface area contributed by atoms with Crippen LogP contribution in [0.3, 0.4) is 0 Å². The summed E-state index contributed by atoms with van der Waals surface area (Å²) in [6.07, 6.45) is 6.06. The summed E-state index contributed by atoms with van der Waals surface area (Å²) >= 11 is 5.71. The largest absolute Gasteiger partial charge is 0.317 e. The first-order valence-corrected chi connectivity index (χ1v) is 5.76. The highest BCUT2D eigenvalue weighted by Crippen LogP contribution is 2.07. The van der Waals surface area contributed by atoms with Crippen LogP contribution in [0.4, 0.5) is 0 Å². The molecule has 80 valence electrons. The third kappa shape index (κ3) is 2.98. The Hall–Kier alpha value is -0.570. The van der Waals surface area contributed by atoms with Gasteiger partial charge in [0.2, 0.25) is 0 Å². The van der Waals surface area contributed by atoms with Crippen molar-refractivity contribution in [3.8, 4) is 0 Å². The molecule has 1 heterocycles. The molecular formula is C10H18ClN3. The zero-order valence-electron chi connectivity index (χ0n) is 8.96. The van der Waals surface area contributed by atoms with Gasteiger partial charge in [-0.05, 0) is 6.42 Å². The zero-order valence-corrected chi connectivity index (χ0v) is 9.72. The van der Waals surface area contributed by atoms with Gasteiger partial charge >= 0.3 is 0 Å². The highest BCUT2D eigenvalue weighted by Gasteiger charge is 2.06. The lowest BCUT2D eigenvalue weighted by atomic mass is 10.1. The molecule has 1 rings (SSSR count). The van der Waals surface area contributed by atoms with Crippen molar-refractivity contribution < 1.29 is 0 Å². The molecule has 0 saturated heterocycles. The lowest BCUT2D eigenvalue weighted by Gasteiger charge is -2.01. The predicted octanol–water partition coefficient (Wildman–Crippen LogP) is 2.68. The summed E-state index contributed by atoms with van der Waals surface area (Å²) in [6, 6.07) is 0. The van der Waals surface area contributed by atoms with Crippen molar-refractivity contribution in [3.63, 3.8) is 0 Å². The molecule has 0 bridgehead atoms. The van der Waals surface area contributed by atoms with Crippen molar-refractivity contribution >= 4 is 11.6 Å². The normalized spacial score (nSPS) is 10.8. The first kappa shape index (κ1) is 11.5. The lowest BCUT2D eigenvalue weighted by Crippen LogP contribution is -2.01. The summed E-state index contributed by atoms with van der Waals surface area (Å²) in [5.41, 5.74) is 0. The van der Waals surface area contributed by atoms with Gasteiger partial charge in [-0.25, -0.2) is 0 Å². The second-order valence-electron chi connectivity index (χ2n) is 3.54. The lowest BCUT2D eigenvalue weighted by molar-refractivity contribution is 0.635. The van der Waals surface area contributed by atoms with Crippen molar-refractivity contribution in [2.75, 3.05) is 0 Å². The van der Waals surface area contributed by atoms with Gasteiger partial charge in [0.1, 0.15) is 11.6 Å². The second-order valence-corrected chi connectivity index (χ2v) is 3.80. The number of aryl methyl sites for hydroxylation is 1. The highest BCUT2D eigenvalue weighted by molar-refractivity contribution is 6.16. The Morgan fingerprint density at radius 3 is 2.43 bits per heavy atom. The van der Waals surface area contributed by atoms with Gasteiger partial charge in [0.05, 0.1) is 5.88 Å². The van der Waals surface area contributed by atoms with E-state index in [1.165, 1.54) is 25.7 Å². The van der Waals surface area contributed by atoms with Gasteiger partial charge < -0.3 is 4.57 Å². The number of rotatable bonds is 6. The van der Waals surface area contributed by atoms with E-state index < -0.39 is 0 Å². The van der Waals surface area contributed by atoms with Crippen molar-refractivity contribution in [3.05, 3.63) is 11.6 Å². The molecule has 0 radical (unpaired) electrons. The fourth-order valence-electron chi connectivity index (χ4n) is 1.44. The average Bonchev–Trinajstić information content (AvgIpc) is 2.55. The number of hydrogen-bond donors (Lipinski definition) is 0. The Labute approximate surface area is 90.5 Å². The number of nitrogens with zero attached hydrogens (tertiary/aromatic N) is 3. The number of halogens is 1. The van der Waals surface area contributed by atoms with Gasteiger partial charge in [-0.1, -0.05) is 26.2 Å². The molecule has 0 amide bonds. The quantitative estimate of drug-likeness (QED) is 0.540. The monoisotopic (exact) mass is 215 g/mol. The van der Waals surface area contributed by atoms with Gasteiger partial charge in [0, 0.05) is 13.5 Å². The van der Waals surface area contributed by atoms with Gasteiger partial charge in [-0.3, -0.25) is 0 Å². The van der Waals surface area contributed by atoms with Crippen molar-refractivity contribution in [2.24, 2.45) is 7.05 Å². The molecule has 0 fully saturated rings. The van der Waals surface area contributed by atoms with E-state index in [0.717, 1.165) is 18.1 Å². The summed E-state index contributed by atoms with van der Waals surface area (Å²) in [5.74, 6) is 2.35. The van der Waals surface area contributed by atoms with Gasteiger partial charge in [0.15, 0.2) is 0 Å². The summed E-state index contributed by atoms with van der Waals surface area (Å²) in [5, 5.41) is 8.13. The SMILES string of the molecule is CCCCCCc1nnc(CCl)n1C. The topological polar surface area (TPSA) is 30.7 Å². The predicted molar refractivity (Wildman–Crippen MR) is 58.4 cm³/mol. The first-order valence-electron chi connectivity index (χ1n) is 5.22. The smallest absolute Gasteiger partial charge is 0.147 e. The number of unbranched alkanes of at least 4 members (excludes halogenated alkanes) is 3. The molecule has 0 aliphatic rings. The second kappa shape index (κ2) is 6.02. The first-order chi connectivity index (χ1) is 6.79. The van der Waals surface area contributed by atoms with Crippen molar-refractivity contribution in [2.45, 2.75) is 44.9 Å². The molecule has 0 aliphatic carbocycles. The van der Waals surface area contributed by atoms with Gasteiger partial charge in [-0.15, -0.1) is 21.8 Å². The summed E-state index contributed by atoms with van der Waals surface area (Å²) < 4.78 is 2.00. The standard InChI is InChI=1S/C10H18ClN3/c1-3-4-5-6-7-9-12-13-10(8-11)14(9)2/h3-8H2,1-2H3. The molecule has 0 atom stereocenters. The highest BCUT2D eigenvalue weighted by atomic mass is 35.5. The summed E-state index contributed by atoms with van der Waals surface area (Å²) in [4.78, 5) is 0. The van der Waals surface area contributed by atoms with Crippen LogP contribution in [0.15, 0.2) is 0 Å². The van der Waals surface area contributed by atoms with Gasteiger partial charge in [0.25, 0.3) is 0 Å². The van der Waals surface area contributed by atoms with E-state index in [0.29, 0.717) is 5.88 Å². The molecule has 4 heteroatoms. The molecule has 1 aromatic heterocycles.